The molecule has 0 fully saturated rings. The Morgan fingerprint density at radius 2 is 1.91 bits per heavy atom. The van der Waals surface area contributed by atoms with Gasteiger partial charge in [-0.1, -0.05) is 0 Å². The predicted octanol–water partition coefficient (Wildman–Crippen LogP) is 3.32. The summed E-state index contributed by atoms with van der Waals surface area (Å²) >= 11 is 0. The molecule has 128 valence electrons. The first-order chi connectivity index (χ1) is 10.7. The monoisotopic (exact) mass is 342 g/mol. The maximum Gasteiger partial charge on any atom is 0.419 e. The van der Waals surface area contributed by atoms with Crippen molar-refractivity contribution in [1.29, 1.82) is 0 Å². The number of benzene rings is 1. The number of hydrogen-bond donors (Lipinski definition) is 1. The van der Waals surface area contributed by atoms with Gasteiger partial charge < -0.3 is 9.47 Å². The summed E-state index contributed by atoms with van der Waals surface area (Å²) in [7, 11) is 0. The molecule has 1 aliphatic rings. The van der Waals surface area contributed by atoms with Crippen molar-refractivity contribution in [2.75, 3.05) is 19.9 Å². The van der Waals surface area contributed by atoms with Crippen LogP contribution >= 0.6 is 0 Å². The summed E-state index contributed by atoms with van der Waals surface area (Å²) in [6, 6.07) is 3.04. The maximum absolute atomic E-state index is 13.1. The van der Waals surface area contributed by atoms with Gasteiger partial charge in [0.25, 0.3) is 0 Å². The lowest BCUT2D eigenvalue weighted by atomic mass is 10.1. The average molecular weight is 342 g/mol. The first-order valence-corrected chi connectivity index (χ1v) is 6.45. The fourth-order valence-corrected chi connectivity index (χ4v) is 1.83. The Hall–Kier alpha value is -1.97. The summed E-state index contributed by atoms with van der Waals surface area (Å²) in [5, 5.41) is 3.83. The molecule has 0 saturated heterocycles. The molecule has 4 nitrogen and oxygen atoms in total. The first kappa shape index (κ1) is 17.4. The number of halogens is 6. The number of nitrogens with zero attached hydrogens (tertiary/aromatic N) is 1. The van der Waals surface area contributed by atoms with Gasteiger partial charge in [-0.25, -0.2) is 0 Å². The van der Waals surface area contributed by atoms with Gasteiger partial charge in [0.05, 0.1) is 30.9 Å². The molecule has 1 aromatic rings. The van der Waals surface area contributed by atoms with E-state index in [1.54, 1.807) is 0 Å². The summed E-state index contributed by atoms with van der Waals surface area (Å²) in [6.07, 6.45) is -10.6. The minimum atomic E-state index is -4.77. The molecule has 23 heavy (non-hydrogen) atoms. The van der Waals surface area contributed by atoms with Crippen LogP contribution < -0.4 is 10.2 Å². The van der Waals surface area contributed by atoms with Gasteiger partial charge in [0.2, 0.25) is 0 Å². The summed E-state index contributed by atoms with van der Waals surface area (Å²) in [6.45, 7) is -0.718. The molecule has 0 saturated carbocycles. The van der Waals surface area contributed by atoms with Crippen molar-refractivity contribution in [2.24, 2.45) is 5.10 Å². The van der Waals surface area contributed by atoms with Gasteiger partial charge >= 0.3 is 12.4 Å². The summed E-state index contributed by atoms with van der Waals surface area (Å²) < 4.78 is 85.1. The highest BCUT2D eigenvalue weighted by molar-refractivity contribution is 6.02. The third-order valence-corrected chi connectivity index (χ3v) is 2.88. The summed E-state index contributed by atoms with van der Waals surface area (Å²) in [5.74, 6) is -0.657. The van der Waals surface area contributed by atoms with Crippen LogP contribution in [-0.2, 0) is 10.9 Å². The largest absolute Gasteiger partial charge is 0.493 e. The topological polar surface area (TPSA) is 42.8 Å². The van der Waals surface area contributed by atoms with E-state index in [9.17, 15) is 26.3 Å². The van der Waals surface area contributed by atoms with Gasteiger partial charge in [0.1, 0.15) is 12.5 Å². The second-order valence-electron chi connectivity index (χ2n) is 4.63. The first-order valence-electron chi connectivity index (χ1n) is 6.45. The lowest BCUT2D eigenvalue weighted by molar-refractivity contribution is -0.143. The number of alkyl halides is 6. The molecular formula is C13H12F6N2O2. The fraction of sp³-hybridized carbons (Fsp3) is 0.462. The predicted molar refractivity (Wildman–Crippen MR) is 68.1 cm³/mol. The Labute approximate surface area is 127 Å². The van der Waals surface area contributed by atoms with Crippen molar-refractivity contribution in [2.45, 2.75) is 18.8 Å². The highest BCUT2D eigenvalue weighted by Gasteiger charge is 2.35. The normalized spacial score (nSPS) is 15.8. The SMILES string of the molecule is FC(F)(F)CCOc1ccc(C2=NNCOC2)cc1C(F)(F)F. The molecule has 0 unspecified atom stereocenters. The molecule has 0 spiro atoms. The van der Waals surface area contributed by atoms with E-state index in [0.717, 1.165) is 12.1 Å². The van der Waals surface area contributed by atoms with E-state index in [-0.39, 0.29) is 24.6 Å². The van der Waals surface area contributed by atoms with E-state index in [2.05, 4.69) is 15.3 Å². The van der Waals surface area contributed by atoms with Crippen LogP contribution in [0.2, 0.25) is 0 Å². The van der Waals surface area contributed by atoms with Gasteiger partial charge in [-0.3, -0.25) is 5.43 Å². The van der Waals surface area contributed by atoms with Gasteiger partial charge in [0, 0.05) is 5.56 Å². The Morgan fingerprint density at radius 3 is 2.48 bits per heavy atom. The molecule has 0 aromatic heterocycles. The van der Waals surface area contributed by atoms with Crippen LogP contribution in [0, 0.1) is 0 Å². The van der Waals surface area contributed by atoms with Crippen LogP contribution in [0.5, 0.6) is 5.75 Å². The van der Waals surface area contributed by atoms with Crippen LogP contribution in [0.25, 0.3) is 0 Å². The van der Waals surface area contributed by atoms with Crippen LogP contribution in [0.3, 0.4) is 0 Å². The van der Waals surface area contributed by atoms with Crippen molar-refractivity contribution < 1.29 is 35.8 Å². The zero-order valence-corrected chi connectivity index (χ0v) is 11.6. The van der Waals surface area contributed by atoms with Gasteiger partial charge in [-0.2, -0.15) is 31.4 Å². The number of hydrazone groups is 1. The van der Waals surface area contributed by atoms with Crippen molar-refractivity contribution in [3.8, 4) is 5.75 Å². The molecule has 1 heterocycles. The quantitative estimate of drug-likeness (QED) is 0.854. The molecule has 1 N–H and O–H groups in total. The van der Waals surface area contributed by atoms with Gasteiger partial charge in [-0.15, -0.1) is 0 Å². The van der Waals surface area contributed by atoms with E-state index >= 15 is 0 Å². The average Bonchev–Trinajstić information content (AvgIpc) is 2.46. The molecule has 10 heteroatoms. The highest BCUT2D eigenvalue weighted by atomic mass is 19.4. The Bertz CT molecular complexity index is 583. The smallest absolute Gasteiger partial charge is 0.419 e. The molecule has 2 rings (SSSR count). The van der Waals surface area contributed by atoms with Crippen LogP contribution in [0.15, 0.2) is 23.3 Å². The third kappa shape index (κ3) is 5.02. The van der Waals surface area contributed by atoms with Gasteiger partial charge in [-0.05, 0) is 18.2 Å². The van der Waals surface area contributed by atoms with Crippen LogP contribution in [0.4, 0.5) is 26.3 Å². The highest BCUT2D eigenvalue weighted by Crippen LogP contribution is 2.37. The van der Waals surface area contributed by atoms with Crippen molar-refractivity contribution in [1.82, 2.24) is 5.43 Å². The molecule has 0 radical (unpaired) electrons. The molecule has 0 amide bonds. The lowest BCUT2D eigenvalue weighted by Gasteiger charge is -2.18. The van der Waals surface area contributed by atoms with E-state index in [1.807, 2.05) is 0 Å². The molecule has 0 aliphatic carbocycles. The number of nitrogens with one attached hydrogen (secondary N) is 1. The van der Waals surface area contributed by atoms with Crippen molar-refractivity contribution in [3.05, 3.63) is 29.3 Å². The molecule has 1 aromatic carbocycles. The number of ether oxygens (including phenoxy) is 2. The second-order valence-corrected chi connectivity index (χ2v) is 4.63. The third-order valence-electron chi connectivity index (χ3n) is 2.88. The Morgan fingerprint density at radius 1 is 1.17 bits per heavy atom. The van der Waals surface area contributed by atoms with Crippen molar-refractivity contribution >= 4 is 5.71 Å². The minimum Gasteiger partial charge on any atom is -0.493 e. The van der Waals surface area contributed by atoms with E-state index < -0.39 is 36.7 Å². The van der Waals surface area contributed by atoms with Gasteiger partial charge in [0.15, 0.2) is 0 Å². The standard InChI is InChI=1S/C13H12F6N2O2/c14-12(15,16)3-4-23-11-2-1-8(5-9(11)13(17,18)19)10-6-22-7-20-21-10/h1-2,5,20H,3-4,6-7H2. The lowest BCUT2D eigenvalue weighted by Crippen LogP contribution is -2.26. The van der Waals surface area contributed by atoms with Crippen molar-refractivity contribution in [3.63, 3.8) is 0 Å². The zero-order chi connectivity index (χ0) is 17.1. The fourth-order valence-electron chi connectivity index (χ4n) is 1.83. The maximum atomic E-state index is 13.1. The number of hydrogen-bond acceptors (Lipinski definition) is 4. The molecule has 0 bridgehead atoms. The van der Waals surface area contributed by atoms with Crippen LogP contribution in [-0.4, -0.2) is 31.8 Å². The summed E-state index contributed by atoms with van der Waals surface area (Å²) in [5.41, 5.74) is 1.72. The molecule has 1 aliphatic heterocycles. The van der Waals surface area contributed by atoms with E-state index in [4.69, 9.17) is 4.74 Å². The van der Waals surface area contributed by atoms with E-state index in [1.165, 1.54) is 6.07 Å². The summed E-state index contributed by atoms with van der Waals surface area (Å²) in [4.78, 5) is 0. The second kappa shape index (κ2) is 6.65. The number of rotatable bonds is 4. The zero-order valence-electron chi connectivity index (χ0n) is 11.6. The molecule has 0 atom stereocenters. The van der Waals surface area contributed by atoms with Crippen LogP contribution in [0.1, 0.15) is 17.5 Å². The Kier molecular flexibility index (Phi) is 5.03. The Balaban J connectivity index is 2.23. The van der Waals surface area contributed by atoms with E-state index in [0.29, 0.717) is 0 Å². The molecular weight excluding hydrogens is 330 g/mol. The minimum absolute atomic E-state index is 0.0264.